The minimum Gasteiger partial charge on any atom is -0.474 e. The standard InChI is InChI=1S/C5H10N2O3/c1-3(6)2-7-4(8)5(9)10/h3H,2,6H2,1H3,(H,7,8)(H,9,10). The fraction of sp³-hybridized carbons (Fsp3) is 0.600. The summed E-state index contributed by atoms with van der Waals surface area (Å²) in [6, 6.07) is -0.219. The molecule has 0 aliphatic carbocycles. The van der Waals surface area contributed by atoms with Crippen LogP contribution in [0.15, 0.2) is 0 Å². The number of hydrogen-bond acceptors (Lipinski definition) is 3. The lowest BCUT2D eigenvalue weighted by Crippen LogP contribution is -2.38. The molecular formula is C5H10N2O3. The molecule has 0 radical (unpaired) electrons. The van der Waals surface area contributed by atoms with E-state index in [1.54, 1.807) is 6.92 Å². The molecule has 5 nitrogen and oxygen atoms in total. The normalized spacial score (nSPS) is 12.2. The molecule has 5 heteroatoms. The van der Waals surface area contributed by atoms with E-state index in [-0.39, 0.29) is 12.6 Å². The molecule has 0 saturated carbocycles. The van der Waals surface area contributed by atoms with Gasteiger partial charge in [-0.1, -0.05) is 0 Å². The van der Waals surface area contributed by atoms with Gasteiger partial charge in [0.15, 0.2) is 0 Å². The molecule has 1 unspecified atom stereocenters. The van der Waals surface area contributed by atoms with Gasteiger partial charge in [0.25, 0.3) is 0 Å². The van der Waals surface area contributed by atoms with Crippen LogP contribution in [0.2, 0.25) is 0 Å². The summed E-state index contributed by atoms with van der Waals surface area (Å²) in [5.41, 5.74) is 5.23. The second-order valence-corrected chi connectivity index (χ2v) is 1.99. The van der Waals surface area contributed by atoms with Gasteiger partial charge in [-0.05, 0) is 6.92 Å². The summed E-state index contributed by atoms with van der Waals surface area (Å²) in [6.45, 7) is 1.85. The molecule has 0 aromatic carbocycles. The van der Waals surface area contributed by atoms with Crippen LogP contribution in [0.5, 0.6) is 0 Å². The van der Waals surface area contributed by atoms with Gasteiger partial charge in [-0.3, -0.25) is 4.79 Å². The number of carbonyl (C=O) groups excluding carboxylic acids is 1. The predicted octanol–water partition coefficient (Wildman–Crippen LogP) is -1.47. The largest absolute Gasteiger partial charge is 0.474 e. The van der Waals surface area contributed by atoms with Crippen molar-refractivity contribution in [2.75, 3.05) is 6.54 Å². The summed E-state index contributed by atoms with van der Waals surface area (Å²) in [7, 11) is 0. The van der Waals surface area contributed by atoms with Crippen molar-refractivity contribution in [3.05, 3.63) is 0 Å². The van der Waals surface area contributed by atoms with Crippen LogP contribution in [-0.2, 0) is 9.59 Å². The average molecular weight is 146 g/mol. The quantitative estimate of drug-likeness (QED) is 0.415. The molecule has 0 bridgehead atoms. The van der Waals surface area contributed by atoms with Crippen molar-refractivity contribution in [2.24, 2.45) is 5.73 Å². The van der Waals surface area contributed by atoms with E-state index in [2.05, 4.69) is 5.32 Å². The number of carboxylic acid groups (broad SMARTS) is 1. The van der Waals surface area contributed by atoms with Crippen molar-refractivity contribution in [3.8, 4) is 0 Å². The molecule has 0 rings (SSSR count). The Labute approximate surface area is 58.2 Å². The molecule has 0 aromatic rings. The zero-order valence-corrected chi connectivity index (χ0v) is 5.63. The summed E-state index contributed by atoms with van der Waals surface area (Å²) in [5, 5.41) is 10.2. The fourth-order valence-electron chi connectivity index (χ4n) is 0.329. The smallest absolute Gasteiger partial charge is 0.394 e. The van der Waals surface area contributed by atoms with Gasteiger partial charge in [0.05, 0.1) is 0 Å². The first-order chi connectivity index (χ1) is 4.54. The molecule has 0 spiro atoms. The third kappa shape index (κ3) is 3.85. The summed E-state index contributed by atoms with van der Waals surface area (Å²) < 4.78 is 0. The monoisotopic (exact) mass is 146 g/mol. The van der Waals surface area contributed by atoms with Crippen molar-refractivity contribution >= 4 is 11.9 Å². The Morgan fingerprint density at radius 2 is 2.20 bits per heavy atom. The average Bonchev–Trinajstić information content (AvgIpc) is 1.82. The molecule has 1 atom stereocenters. The lowest BCUT2D eigenvalue weighted by molar-refractivity contribution is -0.150. The molecule has 1 amide bonds. The highest BCUT2D eigenvalue weighted by Crippen LogP contribution is 1.71. The van der Waals surface area contributed by atoms with Gasteiger partial charge in [0.1, 0.15) is 0 Å². The predicted molar refractivity (Wildman–Crippen MR) is 34.3 cm³/mol. The minimum atomic E-state index is -1.49. The number of aliphatic carboxylic acids is 1. The van der Waals surface area contributed by atoms with Crippen LogP contribution in [0.3, 0.4) is 0 Å². The Morgan fingerprint density at radius 3 is 2.50 bits per heavy atom. The van der Waals surface area contributed by atoms with E-state index in [4.69, 9.17) is 10.8 Å². The Kier molecular flexibility index (Phi) is 3.42. The first kappa shape index (κ1) is 8.90. The fourth-order valence-corrected chi connectivity index (χ4v) is 0.329. The molecule has 0 aliphatic rings. The van der Waals surface area contributed by atoms with Crippen LogP contribution in [0.4, 0.5) is 0 Å². The van der Waals surface area contributed by atoms with Crippen LogP contribution in [-0.4, -0.2) is 29.6 Å². The second kappa shape index (κ2) is 3.84. The Hall–Kier alpha value is -1.10. The topological polar surface area (TPSA) is 92.4 Å². The molecule has 58 valence electrons. The van der Waals surface area contributed by atoms with Crippen molar-refractivity contribution in [1.82, 2.24) is 5.32 Å². The second-order valence-electron chi connectivity index (χ2n) is 1.99. The van der Waals surface area contributed by atoms with Crippen LogP contribution in [0, 0.1) is 0 Å². The molecule has 0 heterocycles. The van der Waals surface area contributed by atoms with Gasteiger partial charge < -0.3 is 16.2 Å². The van der Waals surface area contributed by atoms with Gasteiger partial charge in [-0.15, -0.1) is 0 Å². The number of amides is 1. The summed E-state index contributed by atoms with van der Waals surface area (Å²) in [4.78, 5) is 20.1. The SMILES string of the molecule is CC(N)CNC(=O)C(=O)O. The van der Waals surface area contributed by atoms with Crippen LogP contribution >= 0.6 is 0 Å². The summed E-state index contributed by atoms with van der Waals surface area (Å²) >= 11 is 0. The Balaban J connectivity index is 3.50. The van der Waals surface area contributed by atoms with Crippen LogP contribution in [0.25, 0.3) is 0 Å². The molecular weight excluding hydrogens is 136 g/mol. The molecule has 10 heavy (non-hydrogen) atoms. The number of nitrogens with one attached hydrogen (secondary N) is 1. The van der Waals surface area contributed by atoms with Crippen molar-refractivity contribution in [2.45, 2.75) is 13.0 Å². The van der Waals surface area contributed by atoms with Gasteiger partial charge in [-0.25, -0.2) is 4.79 Å². The maximum atomic E-state index is 10.3. The zero-order valence-electron chi connectivity index (χ0n) is 5.63. The third-order valence-corrected chi connectivity index (χ3v) is 0.779. The highest BCUT2D eigenvalue weighted by Gasteiger charge is 2.09. The lowest BCUT2D eigenvalue weighted by Gasteiger charge is -2.03. The van der Waals surface area contributed by atoms with Gasteiger partial charge in [0.2, 0.25) is 0 Å². The van der Waals surface area contributed by atoms with Gasteiger partial charge in [-0.2, -0.15) is 0 Å². The number of rotatable bonds is 2. The van der Waals surface area contributed by atoms with E-state index in [1.807, 2.05) is 0 Å². The highest BCUT2D eigenvalue weighted by molar-refractivity contribution is 6.31. The lowest BCUT2D eigenvalue weighted by atomic mass is 10.3. The van der Waals surface area contributed by atoms with Crippen molar-refractivity contribution < 1.29 is 14.7 Å². The molecule has 4 N–H and O–H groups in total. The molecule has 0 aliphatic heterocycles. The number of nitrogens with two attached hydrogens (primary N) is 1. The summed E-state index contributed by atoms with van der Waals surface area (Å²) in [5.74, 6) is -2.50. The van der Waals surface area contributed by atoms with E-state index in [0.29, 0.717) is 0 Å². The zero-order chi connectivity index (χ0) is 8.15. The molecule has 0 saturated heterocycles. The number of carbonyl (C=O) groups is 2. The third-order valence-electron chi connectivity index (χ3n) is 0.779. The van der Waals surface area contributed by atoms with Crippen molar-refractivity contribution in [3.63, 3.8) is 0 Å². The first-order valence-electron chi connectivity index (χ1n) is 2.80. The Bertz CT molecular complexity index is 144. The maximum absolute atomic E-state index is 10.3. The van der Waals surface area contributed by atoms with E-state index < -0.39 is 11.9 Å². The highest BCUT2D eigenvalue weighted by atomic mass is 16.4. The van der Waals surface area contributed by atoms with Crippen molar-refractivity contribution in [1.29, 1.82) is 0 Å². The van der Waals surface area contributed by atoms with E-state index in [9.17, 15) is 9.59 Å². The minimum absolute atomic E-state index is 0.186. The summed E-state index contributed by atoms with van der Waals surface area (Å²) in [6.07, 6.45) is 0. The maximum Gasteiger partial charge on any atom is 0.394 e. The van der Waals surface area contributed by atoms with Crippen LogP contribution < -0.4 is 11.1 Å². The number of hydrogen-bond donors (Lipinski definition) is 3. The van der Waals surface area contributed by atoms with Gasteiger partial charge >= 0.3 is 11.9 Å². The Morgan fingerprint density at radius 1 is 1.70 bits per heavy atom. The van der Waals surface area contributed by atoms with E-state index >= 15 is 0 Å². The number of carboxylic acids is 1. The molecule has 0 fully saturated rings. The van der Waals surface area contributed by atoms with Gasteiger partial charge in [0, 0.05) is 12.6 Å². The van der Waals surface area contributed by atoms with E-state index in [1.165, 1.54) is 0 Å². The molecule has 0 aromatic heterocycles. The first-order valence-corrected chi connectivity index (χ1v) is 2.80. The van der Waals surface area contributed by atoms with E-state index in [0.717, 1.165) is 0 Å². The van der Waals surface area contributed by atoms with Crippen LogP contribution in [0.1, 0.15) is 6.92 Å².